The molecule has 730 valence electrons. The number of Topliss-reactive ketones (excluding diaryl/α,β-unsaturated/α-hetero) is 8. The predicted octanol–water partition coefficient (Wildman–Crippen LogP) is 12.5. The first-order valence-corrected chi connectivity index (χ1v) is 47.4. The van der Waals surface area contributed by atoms with Crippen LogP contribution in [0.15, 0.2) is 218 Å². The van der Waals surface area contributed by atoms with Gasteiger partial charge in [0.25, 0.3) is 41.4 Å². The minimum atomic E-state index is -0.907. The van der Waals surface area contributed by atoms with Gasteiger partial charge in [0.15, 0.2) is 23.1 Å². The predicted molar refractivity (Wildman–Crippen MR) is 518 cm³/mol. The topological polar surface area (TPSA) is 416 Å². The van der Waals surface area contributed by atoms with Crippen LogP contribution in [0, 0.1) is 47.3 Å². The fraction of sp³-hybridized carbons (Fsp3) is 0.413. The summed E-state index contributed by atoms with van der Waals surface area (Å²) >= 11 is 0. The zero-order valence-electron chi connectivity index (χ0n) is 79.9. The number of benzene rings is 8. The number of ether oxygens (including phenoxy) is 4. The van der Waals surface area contributed by atoms with E-state index in [9.17, 15) is 76.7 Å². The summed E-state index contributed by atoms with van der Waals surface area (Å²) in [6, 6.07) is 61.2. The van der Waals surface area contributed by atoms with Gasteiger partial charge in [-0.25, -0.2) is 5.48 Å². The molecule has 8 atom stereocenters. The molecule has 8 unspecified atom stereocenters. The first kappa shape index (κ1) is 106. The van der Waals surface area contributed by atoms with Gasteiger partial charge in [-0.15, -0.1) is 0 Å². The number of hydrogen-bond acceptors (Lipinski definition) is 21. The van der Waals surface area contributed by atoms with Crippen molar-refractivity contribution in [2.75, 3.05) is 35.5 Å². The van der Waals surface area contributed by atoms with Crippen molar-refractivity contribution in [1.29, 1.82) is 0 Å². The van der Waals surface area contributed by atoms with Crippen LogP contribution in [-0.2, 0) is 88.1 Å². The summed E-state index contributed by atoms with van der Waals surface area (Å²) in [5.74, 6) is -8.27. The van der Waals surface area contributed by atoms with Crippen LogP contribution in [0.25, 0.3) is 0 Å². The summed E-state index contributed by atoms with van der Waals surface area (Å²) in [4.78, 5) is 211. The van der Waals surface area contributed by atoms with Crippen LogP contribution >= 0.6 is 0 Å². The molecule has 5 aliphatic rings. The molecule has 8 amide bonds. The van der Waals surface area contributed by atoms with Crippen LogP contribution in [0.5, 0.6) is 23.0 Å². The van der Waals surface area contributed by atoms with E-state index in [0.717, 1.165) is 86.5 Å². The van der Waals surface area contributed by atoms with E-state index >= 15 is 0 Å². The van der Waals surface area contributed by atoms with Gasteiger partial charge in [0.1, 0.15) is 23.0 Å². The second kappa shape index (κ2) is 53.5. The van der Waals surface area contributed by atoms with E-state index in [2.05, 4.69) is 42.1 Å². The van der Waals surface area contributed by atoms with Crippen LogP contribution in [0.4, 0.5) is 0 Å². The molecule has 0 bridgehead atoms. The minimum absolute atomic E-state index is 0.0510. The summed E-state index contributed by atoms with van der Waals surface area (Å²) in [5, 5.41) is 19.6. The Labute approximate surface area is 806 Å². The molecule has 8 N–H and O–H groups in total. The van der Waals surface area contributed by atoms with Crippen molar-refractivity contribution >= 4 is 93.5 Å². The molecular weight excluding hydrogens is 1760 g/mol. The van der Waals surface area contributed by atoms with Gasteiger partial charge < -0.3 is 56.2 Å². The normalized spacial score (nSPS) is 15.1. The van der Waals surface area contributed by atoms with Gasteiger partial charge in [-0.1, -0.05) is 199 Å². The molecule has 138 heavy (non-hydrogen) atoms. The molecule has 8 aromatic carbocycles. The van der Waals surface area contributed by atoms with Crippen molar-refractivity contribution in [2.45, 2.75) is 205 Å². The van der Waals surface area contributed by atoms with Crippen LogP contribution in [0.2, 0.25) is 0 Å². The van der Waals surface area contributed by atoms with Crippen LogP contribution in [0.1, 0.15) is 201 Å². The quantitative estimate of drug-likeness (QED) is 0.0130. The average molecular weight is 1890 g/mol. The van der Waals surface area contributed by atoms with Gasteiger partial charge in [-0.3, -0.25) is 81.6 Å². The summed E-state index contributed by atoms with van der Waals surface area (Å²) in [6.45, 7) is 7.60. The molecule has 29 nitrogen and oxygen atoms in total. The molecule has 5 saturated carbocycles. The van der Waals surface area contributed by atoms with Gasteiger partial charge in [-0.2, -0.15) is 0 Å². The highest BCUT2D eigenvalue weighted by Gasteiger charge is 2.41. The lowest BCUT2D eigenvalue weighted by Gasteiger charge is -2.24. The fourth-order valence-corrected chi connectivity index (χ4v) is 15.8. The minimum Gasteiger partial charge on any atom is -0.497 e. The number of methoxy groups -OCH3 is 4. The van der Waals surface area contributed by atoms with E-state index < -0.39 is 101 Å². The van der Waals surface area contributed by atoms with Crippen molar-refractivity contribution in [3.8, 4) is 23.0 Å². The highest BCUT2D eigenvalue weighted by Crippen LogP contribution is 2.37. The highest BCUT2D eigenvalue weighted by molar-refractivity contribution is 6.39. The molecule has 0 saturated heterocycles. The number of rotatable bonds is 51. The zero-order valence-corrected chi connectivity index (χ0v) is 79.9. The number of ketones is 8. The van der Waals surface area contributed by atoms with Crippen molar-refractivity contribution in [2.24, 2.45) is 47.3 Å². The molecule has 13 rings (SSSR count). The Bertz CT molecular complexity index is 5360. The standard InChI is InChI=1S/C28H32N2O5.C28H34N2O5.C27H32N2O5.C26H30N2O6/c1-35-23-9-5-8-20(16-23)27(33)30-24(15-19-10-11-19)25(31)17-21(14-18-6-3-2-4-7-18)26(32)28(34)29-22-12-13-22;1-18(2)14-24(30-27(33)20-10-7-11-23(16-20)35-3)25(31)17-21(15-19-8-5-4-6-9-19)26(32)28(34)29-22-12-13-22;1-17(2)24(29-26(32)19-10-7-11-22(15-19)34-3)23(30)16-20(14-18-8-5-4-6-9-18)25(31)27(33)28-21-12-13-21;1-33-21-10-6-9-19(15-21)25(31)27-22(14-18-11-12-18)23(29)16-20(24(30)26(32)28-34-2)13-17-7-4-3-5-8-17/h2-9,16,19,21-22,24H,10-15,17H2,1H3,(H,29,34)(H,30,33);4-11,16,18,21-22,24H,12-15,17H2,1-3H3,(H,29,34)(H,30,33);4-11,15,17,20-21,24H,12-14,16H2,1-3H3,(H,28,33)(H,29,32);3-10,15,18,20,22H,11-14,16H2,1-2H3,(H,27,31)(H,28,32). The lowest BCUT2D eigenvalue weighted by Crippen LogP contribution is -2.46. The first-order chi connectivity index (χ1) is 66.4. The van der Waals surface area contributed by atoms with Gasteiger partial charge in [-0.05, 0) is 202 Å². The summed E-state index contributed by atoms with van der Waals surface area (Å²) in [5.41, 5.74) is 7.04. The second-order valence-electron chi connectivity index (χ2n) is 36.8. The maximum atomic E-state index is 13.4. The molecule has 0 aromatic heterocycles. The third-order valence-electron chi connectivity index (χ3n) is 24.3. The molecule has 0 aliphatic heterocycles. The Hall–Kier alpha value is -14.0. The SMILES string of the molecule is CONC(=O)C(=O)C(CC(=O)C(CC1CC1)NC(=O)c1cccc(OC)c1)Cc1ccccc1.COc1cccc(C(=O)NC(C(=O)CC(Cc2ccccc2)C(=O)C(=O)NC2CC2)C(C)C)c1.COc1cccc(C(=O)NC(CC(C)C)C(=O)CC(Cc2ccccc2)C(=O)C(=O)NC2CC2)c1.COc1cccc(C(=O)NC(CC2CC2)C(=O)CC(Cc2ccccc2)C(=O)C(=O)NC2CC2)c1. The maximum Gasteiger partial charge on any atom is 0.311 e. The number of carbonyl (C=O) groups excluding carboxylic acids is 16. The molecular formula is C109H128N8O21. The zero-order chi connectivity index (χ0) is 99.3. The van der Waals surface area contributed by atoms with E-state index in [-0.39, 0.29) is 116 Å². The molecule has 29 heteroatoms. The largest absolute Gasteiger partial charge is 0.497 e. The summed E-state index contributed by atoms with van der Waals surface area (Å²) in [6.07, 6.45) is 11.3. The van der Waals surface area contributed by atoms with Crippen LogP contribution < -0.4 is 61.6 Å². The molecule has 5 fully saturated rings. The van der Waals surface area contributed by atoms with Crippen LogP contribution in [-0.4, -0.2) is 171 Å². The number of hydrogen-bond donors (Lipinski definition) is 8. The van der Waals surface area contributed by atoms with E-state index in [0.29, 0.717) is 82.8 Å². The number of nitrogens with one attached hydrogen (secondary N) is 8. The number of hydroxylamine groups is 1. The third-order valence-corrected chi connectivity index (χ3v) is 24.3. The third kappa shape index (κ3) is 35.6. The molecule has 8 aromatic rings. The Morgan fingerprint density at radius 1 is 0.297 bits per heavy atom. The van der Waals surface area contributed by atoms with Gasteiger partial charge >= 0.3 is 5.91 Å². The van der Waals surface area contributed by atoms with Crippen molar-refractivity contribution in [3.05, 3.63) is 263 Å². The summed E-state index contributed by atoms with van der Waals surface area (Å²) in [7, 11) is 7.31. The Kier molecular flexibility index (Phi) is 41.1. The Morgan fingerprint density at radius 2 is 0.558 bits per heavy atom. The van der Waals surface area contributed by atoms with Gasteiger partial charge in [0.2, 0.25) is 23.1 Å². The van der Waals surface area contributed by atoms with E-state index in [1.54, 1.807) is 97.1 Å². The number of carbonyl (C=O) groups is 16. The number of amides is 8. The Morgan fingerprint density at radius 3 is 0.812 bits per heavy atom. The summed E-state index contributed by atoms with van der Waals surface area (Å²) < 4.78 is 20.7. The van der Waals surface area contributed by atoms with Gasteiger partial charge in [0.05, 0.1) is 59.7 Å². The average Bonchev–Trinajstić information content (AvgIpc) is 1.70. The maximum absolute atomic E-state index is 13.4. The lowest BCUT2D eigenvalue weighted by molar-refractivity contribution is -0.147. The molecule has 0 radical (unpaired) electrons. The molecule has 0 heterocycles. The fourth-order valence-electron chi connectivity index (χ4n) is 15.8. The smallest absolute Gasteiger partial charge is 0.311 e. The van der Waals surface area contributed by atoms with Crippen molar-refractivity contribution in [3.63, 3.8) is 0 Å². The van der Waals surface area contributed by atoms with Crippen molar-refractivity contribution < 1.29 is 100 Å². The van der Waals surface area contributed by atoms with E-state index in [1.165, 1.54) is 35.5 Å². The molecule has 5 aliphatic carbocycles. The molecule has 0 spiro atoms. The van der Waals surface area contributed by atoms with Crippen molar-refractivity contribution in [1.82, 2.24) is 42.7 Å². The van der Waals surface area contributed by atoms with E-state index in [1.807, 2.05) is 155 Å². The van der Waals surface area contributed by atoms with E-state index in [4.69, 9.17) is 18.9 Å². The first-order valence-electron chi connectivity index (χ1n) is 47.4. The van der Waals surface area contributed by atoms with Gasteiger partial charge in [0, 0.05) is 89.7 Å². The highest BCUT2D eigenvalue weighted by atomic mass is 16.6. The lowest BCUT2D eigenvalue weighted by atomic mass is 9.86. The second-order valence-corrected chi connectivity index (χ2v) is 36.8. The monoisotopic (exact) mass is 1880 g/mol. The Balaban J connectivity index is 0.000000190. The van der Waals surface area contributed by atoms with Crippen LogP contribution in [0.3, 0.4) is 0 Å².